The highest BCUT2D eigenvalue weighted by molar-refractivity contribution is 7.20. The second-order valence-electron chi connectivity index (χ2n) is 12.4. The number of carbonyl (C=O) groups excluding carboxylic acids is 5. The molecule has 0 unspecified atom stereocenters. The molecule has 228 valence electrons. The van der Waals surface area contributed by atoms with Crippen LogP contribution < -0.4 is 16.0 Å². The molecule has 4 amide bonds. The van der Waals surface area contributed by atoms with Crippen LogP contribution in [-0.4, -0.2) is 76.3 Å². The van der Waals surface area contributed by atoms with Crippen molar-refractivity contribution in [1.82, 2.24) is 25.8 Å². The first-order valence-corrected chi connectivity index (χ1v) is 15.4. The van der Waals surface area contributed by atoms with Crippen molar-refractivity contribution in [3.05, 3.63) is 29.3 Å². The van der Waals surface area contributed by atoms with Crippen molar-refractivity contribution in [2.75, 3.05) is 13.1 Å². The maximum atomic E-state index is 13.7. The molecule has 2 fully saturated rings. The number of para-hydroxylation sites is 1. The van der Waals surface area contributed by atoms with Crippen LogP contribution in [0.25, 0.3) is 10.2 Å². The van der Waals surface area contributed by atoms with Crippen LogP contribution in [0.4, 0.5) is 4.79 Å². The van der Waals surface area contributed by atoms with E-state index in [1.807, 2.05) is 38.1 Å². The van der Waals surface area contributed by atoms with E-state index in [-0.39, 0.29) is 34.9 Å². The van der Waals surface area contributed by atoms with E-state index in [4.69, 9.17) is 4.74 Å². The van der Waals surface area contributed by atoms with Gasteiger partial charge < -0.3 is 25.6 Å². The van der Waals surface area contributed by atoms with Crippen molar-refractivity contribution in [2.24, 2.45) is 11.8 Å². The second kappa shape index (κ2) is 13.2. The number of ketones is 1. The number of amides is 4. The monoisotopic (exact) mass is 599 g/mol. The maximum Gasteiger partial charge on any atom is 0.408 e. The summed E-state index contributed by atoms with van der Waals surface area (Å²) in [4.78, 5) is 72.0. The van der Waals surface area contributed by atoms with E-state index in [2.05, 4.69) is 20.9 Å². The number of likely N-dealkylation sites (tertiary alicyclic amines) is 1. The predicted molar refractivity (Wildman–Crippen MR) is 159 cm³/mol. The molecule has 0 spiro atoms. The summed E-state index contributed by atoms with van der Waals surface area (Å²) in [5.41, 5.74) is -0.0390. The number of hydrogen-bond acceptors (Lipinski definition) is 8. The third kappa shape index (κ3) is 7.84. The number of Topliss-reactive ketones (excluding diaryl/α,β-unsaturated/α-hetero) is 1. The smallest absolute Gasteiger partial charge is 0.408 e. The summed E-state index contributed by atoms with van der Waals surface area (Å²) in [7, 11) is 0. The number of carbonyl (C=O) groups is 5. The standard InChI is InChI=1S/C30H41N5O6S/c1-17(2)15-21(34-29(40)41-30(3,4)5)28(39)35-14-8-10-22(35)26(38)32-20(16-18-12-13-31-25(18)37)24(36)27-33-19-9-6-7-11-23(19)42-27/h6-7,9,11,17-18,20-22H,8,10,12-16H2,1-5H3,(H,31,37)(H,32,38)(H,34,40)/t18-,20-,21-,22-/m0/s1. The molecule has 1 aromatic carbocycles. The van der Waals surface area contributed by atoms with Gasteiger partial charge in [0, 0.05) is 19.0 Å². The number of nitrogens with one attached hydrogen (secondary N) is 3. The molecular formula is C30H41N5O6S. The van der Waals surface area contributed by atoms with E-state index in [0.29, 0.717) is 44.3 Å². The third-order valence-electron chi connectivity index (χ3n) is 7.36. The molecule has 0 aliphatic carbocycles. The molecule has 0 radical (unpaired) electrons. The Balaban J connectivity index is 1.52. The molecule has 12 heteroatoms. The summed E-state index contributed by atoms with van der Waals surface area (Å²) in [6.45, 7) is 10.00. The molecular weight excluding hydrogens is 558 g/mol. The van der Waals surface area contributed by atoms with Crippen LogP contribution in [0.3, 0.4) is 0 Å². The van der Waals surface area contributed by atoms with Gasteiger partial charge in [0.2, 0.25) is 23.5 Å². The highest BCUT2D eigenvalue weighted by Crippen LogP contribution is 2.26. The topological polar surface area (TPSA) is 147 Å². The number of nitrogens with zero attached hydrogens (tertiary/aromatic N) is 2. The van der Waals surface area contributed by atoms with Crippen molar-refractivity contribution in [2.45, 2.75) is 90.4 Å². The lowest BCUT2D eigenvalue weighted by Crippen LogP contribution is -2.56. The first kappa shape index (κ1) is 31.4. The number of alkyl carbamates (subject to hydrolysis) is 1. The number of fused-ring (bicyclic) bond motifs is 1. The minimum atomic E-state index is -0.976. The lowest BCUT2D eigenvalue weighted by molar-refractivity contribution is -0.140. The molecule has 2 aliphatic rings. The van der Waals surface area contributed by atoms with E-state index in [1.54, 1.807) is 20.8 Å². The van der Waals surface area contributed by atoms with Crippen LogP contribution in [0, 0.1) is 11.8 Å². The number of thiazole rings is 1. The largest absolute Gasteiger partial charge is 0.444 e. The fourth-order valence-corrected chi connectivity index (χ4v) is 6.39. The van der Waals surface area contributed by atoms with Gasteiger partial charge in [-0.25, -0.2) is 9.78 Å². The maximum absolute atomic E-state index is 13.7. The first-order chi connectivity index (χ1) is 19.8. The Morgan fingerprint density at radius 2 is 1.86 bits per heavy atom. The van der Waals surface area contributed by atoms with E-state index in [1.165, 1.54) is 16.2 Å². The minimum Gasteiger partial charge on any atom is -0.444 e. The average molecular weight is 600 g/mol. The van der Waals surface area contributed by atoms with E-state index in [0.717, 1.165) is 4.70 Å². The lowest BCUT2D eigenvalue weighted by Gasteiger charge is -2.31. The number of rotatable bonds is 10. The molecule has 4 atom stereocenters. The Morgan fingerprint density at radius 1 is 1.12 bits per heavy atom. The summed E-state index contributed by atoms with van der Waals surface area (Å²) in [6, 6.07) is 4.76. The van der Waals surface area contributed by atoms with Gasteiger partial charge in [-0.1, -0.05) is 26.0 Å². The van der Waals surface area contributed by atoms with Crippen LogP contribution in [-0.2, 0) is 19.1 Å². The normalized spacial score (nSPS) is 20.3. The summed E-state index contributed by atoms with van der Waals surface area (Å²) >= 11 is 1.25. The van der Waals surface area contributed by atoms with Gasteiger partial charge in [-0.15, -0.1) is 11.3 Å². The van der Waals surface area contributed by atoms with Crippen LogP contribution in [0.15, 0.2) is 24.3 Å². The first-order valence-electron chi connectivity index (χ1n) is 14.6. The zero-order valence-corrected chi connectivity index (χ0v) is 25.7. The minimum absolute atomic E-state index is 0.0946. The van der Waals surface area contributed by atoms with Crippen LogP contribution in [0.5, 0.6) is 0 Å². The molecule has 0 bridgehead atoms. The van der Waals surface area contributed by atoms with Gasteiger partial charge in [-0.2, -0.15) is 0 Å². The number of benzene rings is 1. The highest BCUT2D eigenvalue weighted by Gasteiger charge is 2.40. The molecule has 3 heterocycles. The quantitative estimate of drug-likeness (QED) is 0.355. The van der Waals surface area contributed by atoms with Crippen molar-refractivity contribution in [1.29, 1.82) is 0 Å². The van der Waals surface area contributed by atoms with Gasteiger partial charge in [0.15, 0.2) is 5.01 Å². The molecule has 3 N–H and O–H groups in total. The second-order valence-corrected chi connectivity index (χ2v) is 13.5. The SMILES string of the molecule is CC(C)C[C@H](NC(=O)OC(C)(C)C)C(=O)N1CCC[C@H]1C(=O)N[C@@H](C[C@@H]1CCNC1=O)C(=O)c1nc2ccccc2s1. The lowest BCUT2D eigenvalue weighted by atomic mass is 9.95. The zero-order chi connectivity index (χ0) is 30.6. The number of aromatic nitrogens is 1. The highest BCUT2D eigenvalue weighted by atomic mass is 32.1. The Bertz CT molecular complexity index is 1300. The van der Waals surface area contributed by atoms with Gasteiger partial charge >= 0.3 is 6.09 Å². The summed E-state index contributed by atoms with van der Waals surface area (Å²) in [6.07, 6.45) is 1.41. The fraction of sp³-hybridized carbons (Fsp3) is 0.600. The summed E-state index contributed by atoms with van der Waals surface area (Å²) in [5, 5.41) is 8.63. The van der Waals surface area contributed by atoms with Gasteiger partial charge in [-0.05, 0) is 70.9 Å². The molecule has 42 heavy (non-hydrogen) atoms. The molecule has 11 nitrogen and oxygen atoms in total. The van der Waals surface area contributed by atoms with Crippen molar-refractivity contribution in [3.63, 3.8) is 0 Å². The van der Waals surface area contributed by atoms with Crippen molar-refractivity contribution in [3.8, 4) is 0 Å². The van der Waals surface area contributed by atoms with Crippen molar-refractivity contribution < 1.29 is 28.7 Å². The van der Waals surface area contributed by atoms with E-state index < -0.39 is 41.6 Å². The fourth-order valence-electron chi connectivity index (χ4n) is 5.43. The molecule has 1 aromatic heterocycles. The molecule has 4 rings (SSSR count). The van der Waals surface area contributed by atoms with Gasteiger partial charge in [0.1, 0.15) is 17.7 Å². The van der Waals surface area contributed by atoms with E-state index in [9.17, 15) is 24.0 Å². The van der Waals surface area contributed by atoms with Crippen LogP contribution >= 0.6 is 11.3 Å². The molecule has 2 saturated heterocycles. The summed E-state index contributed by atoms with van der Waals surface area (Å²) < 4.78 is 6.23. The van der Waals surface area contributed by atoms with Crippen molar-refractivity contribution >= 4 is 51.2 Å². The number of ether oxygens (including phenoxy) is 1. The molecule has 0 saturated carbocycles. The van der Waals surface area contributed by atoms with Gasteiger partial charge in [-0.3, -0.25) is 19.2 Å². The molecule has 2 aliphatic heterocycles. The Kier molecular flexibility index (Phi) is 9.85. The predicted octanol–water partition coefficient (Wildman–Crippen LogP) is 3.42. The molecule has 2 aromatic rings. The Hall–Kier alpha value is -3.54. The Labute approximate surface area is 250 Å². The third-order valence-corrected chi connectivity index (χ3v) is 8.41. The Morgan fingerprint density at radius 3 is 2.50 bits per heavy atom. The van der Waals surface area contributed by atoms with Gasteiger partial charge in [0.05, 0.1) is 16.3 Å². The number of hydrogen-bond donors (Lipinski definition) is 3. The van der Waals surface area contributed by atoms with Gasteiger partial charge in [0.25, 0.3) is 0 Å². The van der Waals surface area contributed by atoms with Crippen LogP contribution in [0.1, 0.15) is 76.5 Å². The zero-order valence-electron chi connectivity index (χ0n) is 24.9. The average Bonchev–Trinajstić information content (AvgIpc) is 3.65. The van der Waals surface area contributed by atoms with Crippen LogP contribution in [0.2, 0.25) is 0 Å². The van der Waals surface area contributed by atoms with E-state index >= 15 is 0 Å². The summed E-state index contributed by atoms with van der Waals surface area (Å²) in [5.74, 6) is -1.64.